The van der Waals surface area contributed by atoms with Crippen LogP contribution in [0.4, 0.5) is 0 Å². The molecule has 3 nitrogen and oxygen atoms in total. The molecule has 1 rings (SSSR count). The molecule has 0 saturated heterocycles. The molecule has 0 bridgehead atoms. The lowest BCUT2D eigenvalue weighted by Gasteiger charge is -2.24. The first-order chi connectivity index (χ1) is 4.52. The van der Waals surface area contributed by atoms with Gasteiger partial charge in [-0.3, -0.25) is 10.2 Å². The van der Waals surface area contributed by atoms with Crippen molar-refractivity contribution in [2.24, 2.45) is 10.5 Å². The molecule has 0 spiro atoms. The van der Waals surface area contributed by atoms with Gasteiger partial charge in [0.25, 0.3) is 0 Å². The van der Waals surface area contributed by atoms with Crippen LogP contribution < -0.4 is 5.43 Å². The van der Waals surface area contributed by atoms with Crippen molar-refractivity contribution >= 4 is 12.0 Å². The number of carbonyl (C=O) groups excluding carboxylic acids is 1. The highest BCUT2D eigenvalue weighted by atomic mass is 16.1. The fourth-order valence-corrected chi connectivity index (χ4v) is 0.934. The van der Waals surface area contributed by atoms with Gasteiger partial charge in [0.2, 0.25) is 0 Å². The van der Waals surface area contributed by atoms with Crippen LogP contribution in [0.2, 0.25) is 0 Å². The molecule has 1 atom stereocenters. The Morgan fingerprint density at radius 3 is 2.40 bits per heavy atom. The Hall–Kier alpha value is -0.860. The minimum atomic E-state index is -0.132. The minimum absolute atomic E-state index is 0.0341. The molecule has 0 aromatic carbocycles. The van der Waals surface area contributed by atoms with E-state index in [2.05, 4.69) is 10.5 Å². The van der Waals surface area contributed by atoms with Crippen LogP contribution in [0, 0.1) is 5.41 Å². The third-order valence-electron chi connectivity index (χ3n) is 1.55. The lowest BCUT2D eigenvalue weighted by Crippen LogP contribution is -2.40. The van der Waals surface area contributed by atoms with Crippen LogP contribution in [0.1, 0.15) is 20.8 Å². The molecule has 1 heterocycles. The van der Waals surface area contributed by atoms with Crippen molar-refractivity contribution in [3.63, 3.8) is 0 Å². The minimum Gasteiger partial charge on any atom is -0.298 e. The number of Topliss-reactive ketones (excluding diaryl/α,β-unsaturated/α-hetero) is 1. The van der Waals surface area contributed by atoms with Crippen molar-refractivity contribution in [3.8, 4) is 0 Å². The Kier molecular flexibility index (Phi) is 1.50. The summed E-state index contributed by atoms with van der Waals surface area (Å²) in [5.74, 6) is 0.0764. The van der Waals surface area contributed by atoms with Crippen molar-refractivity contribution in [3.05, 3.63) is 0 Å². The monoisotopic (exact) mass is 140 g/mol. The number of hydrazone groups is 1. The summed E-state index contributed by atoms with van der Waals surface area (Å²) in [5.41, 5.74) is 2.73. The van der Waals surface area contributed by atoms with Crippen molar-refractivity contribution < 1.29 is 4.79 Å². The molecule has 1 unspecified atom stereocenters. The van der Waals surface area contributed by atoms with Gasteiger partial charge in [-0.2, -0.15) is 5.10 Å². The number of nitrogens with zero attached hydrogens (tertiary/aromatic N) is 1. The first-order valence-electron chi connectivity index (χ1n) is 3.34. The van der Waals surface area contributed by atoms with E-state index in [1.165, 1.54) is 6.21 Å². The van der Waals surface area contributed by atoms with E-state index in [0.29, 0.717) is 0 Å². The van der Waals surface area contributed by atoms with Gasteiger partial charge in [0.05, 0.1) is 6.21 Å². The van der Waals surface area contributed by atoms with Crippen LogP contribution in [0.25, 0.3) is 0 Å². The fraction of sp³-hybridized carbons (Fsp3) is 0.714. The Morgan fingerprint density at radius 1 is 1.60 bits per heavy atom. The van der Waals surface area contributed by atoms with Crippen LogP contribution in [0.3, 0.4) is 0 Å². The number of ketones is 1. The summed E-state index contributed by atoms with van der Waals surface area (Å²) in [6.07, 6.45) is 1.34. The Labute approximate surface area is 60.5 Å². The van der Waals surface area contributed by atoms with Crippen molar-refractivity contribution in [2.45, 2.75) is 26.8 Å². The summed E-state index contributed by atoms with van der Waals surface area (Å²) < 4.78 is 0. The summed E-state index contributed by atoms with van der Waals surface area (Å²) in [5, 5.41) is 3.69. The van der Waals surface area contributed by atoms with E-state index in [9.17, 15) is 4.79 Å². The van der Waals surface area contributed by atoms with Crippen molar-refractivity contribution in [1.82, 2.24) is 5.43 Å². The zero-order valence-electron chi connectivity index (χ0n) is 6.51. The average Bonchev–Trinajstić information content (AvgIpc) is 2.11. The Morgan fingerprint density at radius 2 is 2.20 bits per heavy atom. The smallest absolute Gasteiger partial charge is 0.199 e. The third-order valence-corrected chi connectivity index (χ3v) is 1.55. The van der Waals surface area contributed by atoms with Gasteiger partial charge in [-0.15, -0.1) is 0 Å². The number of carbonyl (C=O) groups is 1. The van der Waals surface area contributed by atoms with E-state index >= 15 is 0 Å². The van der Waals surface area contributed by atoms with Crippen molar-refractivity contribution in [2.75, 3.05) is 0 Å². The molecule has 0 aromatic rings. The largest absolute Gasteiger partial charge is 0.298 e. The lowest BCUT2D eigenvalue weighted by atomic mass is 9.85. The summed E-state index contributed by atoms with van der Waals surface area (Å²) >= 11 is 0. The van der Waals surface area contributed by atoms with Gasteiger partial charge in [-0.25, -0.2) is 0 Å². The normalized spacial score (nSPS) is 25.1. The first-order valence-corrected chi connectivity index (χ1v) is 3.34. The number of rotatable bonds is 0. The maximum absolute atomic E-state index is 11.0. The van der Waals surface area contributed by atoms with Gasteiger partial charge in [0.15, 0.2) is 5.78 Å². The van der Waals surface area contributed by atoms with Gasteiger partial charge in [-0.1, -0.05) is 20.8 Å². The first kappa shape index (κ1) is 7.25. The maximum Gasteiger partial charge on any atom is 0.199 e. The molecule has 1 aliphatic heterocycles. The van der Waals surface area contributed by atoms with Crippen LogP contribution in [-0.4, -0.2) is 18.0 Å². The zero-order chi connectivity index (χ0) is 7.78. The van der Waals surface area contributed by atoms with Gasteiger partial charge in [0, 0.05) is 0 Å². The molecule has 0 radical (unpaired) electrons. The molecule has 1 N–H and O–H groups in total. The predicted octanol–water partition coefficient (Wildman–Crippen LogP) is 0.559. The highest BCUT2D eigenvalue weighted by Gasteiger charge is 2.32. The van der Waals surface area contributed by atoms with Gasteiger partial charge >= 0.3 is 0 Å². The van der Waals surface area contributed by atoms with Crippen LogP contribution in [-0.2, 0) is 4.79 Å². The standard InChI is InChI=1S/C7H12N2O/c1-7(2,3)6-5(10)4-8-9-6/h4,6,9H,1-3H3. The molecule has 56 valence electrons. The van der Waals surface area contributed by atoms with Gasteiger partial charge in [-0.05, 0) is 5.41 Å². The van der Waals surface area contributed by atoms with E-state index in [1.54, 1.807) is 0 Å². The average molecular weight is 140 g/mol. The predicted molar refractivity (Wildman–Crippen MR) is 39.9 cm³/mol. The Balaban J connectivity index is 2.69. The molecule has 1 aliphatic rings. The molecule has 0 aromatic heterocycles. The molecule has 0 aliphatic carbocycles. The summed E-state index contributed by atoms with van der Waals surface area (Å²) in [6.45, 7) is 6.03. The number of nitrogens with one attached hydrogen (secondary N) is 1. The zero-order valence-corrected chi connectivity index (χ0v) is 6.51. The second-order valence-electron chi connectivity index (χ2n) is 3.59. The van der Waals surface area contributed by atoms with Crippen LogP contribution in [0.5, 0.6) is 0 Å². The SMILES string of the molecule is CC(C)(C)C1NN=CC1=O. The lowest BCUT2D eigenvalue weighted by molar-refractivity contribution is -0.115. The summed E-state index contributed by atoms with van der Waals surface area (Å²) in [6, 6.07) is -0.132. The molecule has 0 saturated carbocycles. The van der Waals surface area contributed by atoms with Crippen molar-refractivity contribution in [1.29, 1.82) is 0 Å². The van der Waals surface area contributed by atoms with Gasteiger partial charge < -0.3 is 0 Å². The van der Waals surface area contributed by atoms with Crippen LogP contribution in [0.15, 0.2) is 5.10 Å². The second kappa shape index (κ2) is 2.08. The third kappa shape index (κ3) is 1.17. The van der Waals surface area contributed by atoms with E-state index in [4.69, 9.17) is 0 Å². The second-order valence-corrected chi connectivity index (χ2v) is 3.59. The molecular weight excluding hydrogens is 128 g/mol. The van der Waals surface area contributed by atoms with Gasteiger partial charge in [0.1, 0.15) is 6.04 Å². The maximum atomic E-state index is 11.0. The molecule has 10 heavy (non-hydrogen) atoms. The van der Waals surface area contributed by atoms with Crippen LogP contribution >= 0.6 is 0 Å². The fourth-order valence-electron chi connectivity index (χ4n) is 0.934. The number of hydrogen-bond acceptors (Lipinski definition) is 3. The highest BCUT2D eigenvalue weighted by Crippen LogP contribution is 2.20. The van der Waals surface area contributed by atoms with E-state index in [-0.39, 0.29) is 17.2 Å². The molecule has 3 heteroatoms. The topological polar surface area (TPSA) is 41.5 Å². The van der Waals surface area contributed by atoms with E-state index < -0.39 is 0 Å². The molecule has 0 amide bonds. The summed E-state index contributed by atoms with van der Waals surface area (Å²) in [4.78, 5) is 11.0. The Bertz CT molecular complexity index is 179. The van der Waals surface area contributed by atoms with E-state index in [0.717, 1.165) is 0 Å². The quantitative estimate of drug-likeness (QED) is 0.534. The van der Waals surface area contributed by atoms with E-state index in [1.807, 2.05) is 20.8 Å². The molecule has 0 fully saturated rings. The summed E-state index contributed by atoms with van der Waals surface area (Å²) in [7, 11) is 0. The molecular formula is C7H12N2O. The number of hydrogen-bond donors (Lipinski definition) is 1. The highest BCUT2D eigenvalue weighted by molar-refractivity contribution is 6.31.